The maximum atomic E-state index is 13.3. The van der Waals surface area contributed by atoms with Crippen LogP contribution in [0.2, 0.25) is 0 Å². The van der Waals surface area contributed by atoms with Crippen LogP contribution in [0, 0.1) is 27.7 Å². The van der Waals surface area contributed by atoms with Gasteiger partial charge in [0, 0.05) is 0 Å². The summed E-state index contributed by atoms with van der Waals surface area (Å²) in [6.45, 7) is 7.68. The van der Waals surface area contributed by atoms with Crippen LogP contribution >= 0.6 is 0 Å². The van der Waals surface area contributed by atoms with Crippen LogP contribution in [0.25, 0.3) is 0 Å². The zero-order chi connectivity index (χ0) is 37.0. The number of anilines is 2. The van der Waals surface area contributed by atoms with Gasteiger partial charge in [0.25, 0.3) is 23.6 Å². The van der Waals surface area contributed by atoms with Gasteiger partial charge >= 0.3 is 0 Å². The number of aryl methyl sites for hydroxylation is 2. The Morgan fingerprint density at radius 3 is 1.02 bits per heavy atom. The fourth-order valence-electron chi connectivity index (χ4n) is 6.52. The summed E-state index contributed by atoms with van der Waals surface area (Å²) in [6, 6.07) is 34.9. The summed E-state index contributed by atoms with van der Waals surface area (Å²) in [5, 5.41) is 0. The number of carbonyl (C=O) groups is 4. The summed E-state index contributed by atoms with van der Waals surface area (Å²) < 4.78 is 18.1. The van der Waals surface area contributed by atoms with Gasteiger partial charge in [-0.25, -0.2) is 9.80 Å². The molecule has 0 atom stereocenters. The Morgan fingerprint density at radius 2 is 0.660 bits per heavy atom. The van der Waals surface area contributed by atoms with Crippen molar-refractivity contribution in [1.82, 2.24) is 0 Å². The molecule has 8 rings (SSSR count). The molecule has 2 aliphatic rings. The molecule has 0 aliphatic carbocycles. The average molecular weight is 701 g/mol. The third-order valence-electron chi connectivity index (χ3n) is 9.70. The first-order valence-corrected chi connectivity index (χ1v) is 17.0. The molecule has 4 amide bonds. The molecule has 0 saturated carbocycles. The van der Waals surface area contributed by atoms with Gasteiger partial charge in [0.15, 0.2) is 0 Å². The molecular weight excluding hydrogens is 668 g/mol. The number of benzene rings is 6. The molecule has 0 N–H and O–H groups in total. The molecule has 0 spiro atoms. The normalized spacial score (nSPS) is 13.4. The lowest BCUT2D eigenvalue weighted by Crippen LogP contribution is -2.30. The molecule has 9 heteroatoms. The number of ether oxygens (including phenoxy) is 3. The largest absolute Gasteiger partial charge is 0.457 e. The average Bonchev–Trinajstić information content (AvgIpc) is 3.55. The van der Waals surface area contributed by atoms with Crippen molar-refractivity contribution >= 4 is 35.0 Å². The van der Waals surface area contributed by atoms with Gasteiger partial charge in [0.1, 0.15) is 34.5 Å². The molecule has 9 nitrogen and oxygen atoms in total. The molecule has 0 aromatic heterocycles. The number of imide groups is 2. The fourth-order valence-corrected chi connectivity index (χ4v) is 6.52. The molecular formula is C44H32N2O7. The van der Waals surface area contributed by atoms with E-state index in [1.807, 2.05) is 52.0 Å². The number of hydrogen-bond acceptors (Lipinski definition) is 7. The predicted octanol–water partition coefficient (Wildman–Crippen LogP) is 9.90. The van der Waals surface area contributed by atoms with E-state index in [0.717, 1.165) is 22.3 Å². The lowest BCUT2D eigenvalue weighted by molar-refractivity contribution is 0.0910. The lowest BCUT2D eigenvalue weighted by atomic mass is 10.1. The molecule has 0 radical (unpaired) electrons. The van der Waals surface area contributed by atoms with Crippen LogP contribution in [-0.4, -0.2) is 23.6 Å². The van der Waals surface area contributed by atoms with E-state index < -0.39 is 0 Å². The van der Waals surface area contributed by atoms with Gasteiger partial charge in [-0.2, -0.15) is 0 Å². The van der Waals surface area contributed by atoms with Crippen molar-refractivity contribution < 1.29 is 33.4 Å². The molecule has 6 aromatic carbocycles. The zero-order valence-electron chi connectivity index (χ0n) is 29.3. The van der Waals surface area contributed by atoms with E-state index >= 15 is 0 Å². The third-order valence-corrected chi connectivity index (χ3v) is 9.70. The Morgan fingerprint density at radius 1 is 0.358 bits per heavy atom. The van der Waals surface area contributed by atoms with Crippen LogP contribution < -0.4 is 24.0 Å². The number of hydrogen-bond donors (Lipinski definition) is 0. The lowest BCUT2D eigenvalue weighted by Gasteiger charge is -2.17. The maximum absolute atomic E-state index is 13.3. The number of fused-ring (bicyclic) bond motifs is 2. The first-order valence-electron chi connectivity index (χ1n) is 17.0. The van der Waals surface area contributed by atoms with Crippen LogP contribution in [-0.2, 0) is 0 Å². The summed E-state index contributed by atoms with van der Waals surface area (Å²) in [6.07, 6.45) is 0. The molecule has 0 unspecified atom stereocenters. The molecule has 2 aliphatic heterocycles. The van der Waals surface area contributed by atoms with Crippen molar-refractivity contribution in [3.05, 3.63) is 166 Å². The molecule has 0 fully saturated rings. The highest BCUT2D eigenvalue weighted by Gasteiger charge is 2.39. The number of rotatable bonds is 8. The van der Waals surface area contributed by atoms with Crippen molar-refractivity contribution in [2.75, 3.05) is 9.80 Å². The molecule has 2 heterocycles. The summed E-state index contributed by atoms with van der Waals surface area (Å²) in [5.41, 5.74) is 6.15. The minimum atomic E-state index is -0.386. The Kier molecular flexibility index (Phi) is 8.11. The standard InChI is InChI=1S/C44H32N2O7/c1-25-7-5-9-39(27(25)3)45-41(47)35-21-19-33(23-37(35)43(45)49)52-31-15-11-29(12-16-31)51-30-13-17-32(18-14-30)53-34-20-22-36-38(24-34)44(50)46(42(36)48)40-10-6-8-26(2)28(40)4/h5-24H,1-4H3. The first-order chi connectivity index (χ1) is 25.6. The third kappa shape index (κ3) is 5.88. The van der Waals surface area contributed by atoms with Crippen molar-refractivity contribution in [1.29, 1.82) is 0 Å². The quantitative estimate of drug-likeness (QED) is 0.146. The SMILES string of the molecule is Cc1cccc(N2C(=O)c3ccc(Oc4ccc(Oc5ccc(Oc6ccc7c(c6)C(=O)N(c6cccc(C)c6C)C7=O)cc5)cc4)cc3C2=O)c1C. The second-order valence-electron chi connectivity index (χ2n) is 13.0. The summed E-state index contributed by atoms with van der Waals surface area (Å²) >= 11 is 0. The van der Waals surface area contributed by atoms with Gasteiger partial charge in [0.2, 0.25) is 0 Å². The van der Waals surface area contributed by atoms with E-state index in [4.69, 9.17) is 14.2 Å². The Bertz CT molecular complexity index is 2330. The van der Waals surface area contributed by atoms with Gasteiger partial charge in [-0.3, -0.25) is 19.2 Å². The van der Waals surface area contributed by atoms with Gasteiger partial charge < -0.3 is 14.2 Å². The van der Waals surface area contributed by atoms with Crippen molar-refractivity contribution in [3.63, 3.8) is 0 Å². The van der Waals surface area contributed by atoms with Gasteiger partial charge in [-0.05, 0) is 147 Å². The van der Waals surface area contributed by atoms with Crippen LogP contribution in [0.3, 0.4) is 0 Å². The number of amides is 4. The maximum Gasteiger partial charge on any atom is 0.266 e. The van der Waals surface area contributed by atoms with Crippen LogP contribution in [0.1, 0.15) is 63.7 Å². The zero-order valence-corrected chi connectivity index (χ0v) is 29.3. The second kappa shape index (κ2) is 13.0. The topological polar surface area (TPSA) is 102 Å². The highest BCUT2D eigenvalue weighted by molar-refractivity contribution is 6.35. The minimum Gasteiger partial charge on any atom is -0.457 e. The molecule has 0 saturated heterocycles. The highest BCUT2D eigenvalue weighted by atomic mass is 16.5. The van der Waals surface area contributed by atoms with Crippen LogP contribution in [0.5, 0.6) is 34.5 Å². The summed E-state index contributed by atoms with van der Waals surface area (Å²) in [7, 11) is 0. The summed E-state index contributed by atoms with van der Waals surface area (Å²) in [4.78, 5) is 55.5. The van der Waals surface area contributed by atoms with Crippen molar-refractivity contribution in [2.24, 2.45) is 0 Å². The van der Waals surface area contributed by atoms with E-state index in [0.29, 0.717) is 68.1 Å². The number of nitrogens with zero attached hydrogens (tertiary/aromatic N) is 2. The monoisotopic (exact) mass is 700 g/mol. The minimum absolute atomic E-state index is 0.292. The Hall–Kier alpha value is -7.00. The van der Waals surface area contributed by atoms with Gasteiger partial charge in [-0.15, -0.1) is 0 Å². The van der Waals surface area contributed by atoms with Crippen LogP contribution in [0.15, 0.2) is 121 Å². The van der Waals surface area contributed by atoms with E-state index in [1.54, 1.807) is 97.1 Å². The molecule has 6 aromatic rings. The Balaban J connectivity index is 0.904. The second-order valence-corrected chi connectivity index (χ2v) is 13.0. The number of carbonyl (C=O) groups excluding carboxylic acids is 4. The van der Waals surface area contributed by atoms with E-state index in [-0.39, 0.29) is 23.6 Å². The smallest absolute Gasteiger partial charge is 0.266 e. The van der Waals surface area contributed by atoms with E-state index in [2.05, 4.69) is 0 Å². The van der Waals surface area contributed by atoms with E-state index in [1.165, 1.54) is 9.80 Å². The highest BCUT2D eigenvalue weighted by Crippen LogP contribution is 2.37. The molecule has 53 heavy (non-hydrogen) atoms. The van der Waals surface area contributed by atoms with Gasteiger partial charge in [0.05, 0.1) is 33.6 Å². The molecule has 0 bridgehead atoms. The predicted molar refractivity (Wildman–Crippen MR) is 200 cm³/mol. The van der Waals surface area contributed by atoms with Crippen molar-refractivity contribution in [2.45, 2.75) is 27.7 Å². The molecule has 260 valence electrons. The van der Waals surface area contributed by atoms with E-state index in [9.17, 15) is 19.2 Å². The fraction of sp³-hybridized carbons (Fsp3) is 0.0909. The van der Waals surface area contributed by atoms with Gasteiger partial charge in [-0.1, -0.05) is 24.3 Å². The first kappa shape index (κ1) is 33.2. The van der Waals surface area contributed by atoms with Crippen molar-refractivity contribution in [3.8, 4) is 34.5 Å². The summed E-state index contributed by atoms with van der Waals surface area (Å²) in [5.74, 6) is 1.55. The van der Waals surface area contributed by atoms with Crippen LogP contribution in [0.4, 0.5) is 11.4 Å². The Labute approximate surface area is 305 Å².